The average molecular weight is 413 g/mol. The van der Waals surface area contributed by atoms with Crippen molar-refractivity contribution in [3.8, 4) is 17.2 Å². The van der Waals surface area contributed by atoms with Gasteiger partial charge in [-0.05, 0) is 61.5 Å². The second-order valence-corrected chi connectivity index (χ2v) is 6.99. The van der Waals surface area contributed by atoms with Gasteiger partial charge in [0.1, 0.15) is 17.3 Å². The lowest BCUT2D eigenvalue weighted by Gasteiger charge is -2.16. The fourth-order valence-electron chi connectivity index (χ4n) is 3.29. The van der Waals surface area contributed by atoms with Gasteiger partial charge >= 0.3 is 0 Å². The normalized spacial score (nSPS) is 11.0. The van der Waals surface area contributed by atoms with Crippen molar-refractivity contribution in [3.05, 3.63) is 59.2 Å². The Bertz CT molecular complexity index is 1080. The van der Waals surface area contributed by atoms with Gasteiger partial charge in [-0.3, -0.25) is 9.78 Å². The van der Waals surface area contributed by atoms with E-state index in [9.17, 15) is 14.3 Å². The number of fused-ring (bicyclic) bond motifs is 1. The molecule has 0 aliphatic carbocycles. The molecule has 0 spiro atoms. The highest BCUT2D eigenvalue weighted by Crippen LogP contribution is 2.36. The van der Waals surface area contributed by atoms with Crippen LogP contribution in [0.1, 0.15) is 35.5 Å². The van der Waals surface area contributed by atoms with Crippen molar-refractivity contribution in [1.29, 1.82) is 0 Å². The van der Waals surface area contributed by atoms with E-state index >= 15 is 0 Å². The molecule has 0 atom stereocenters. The number of methoxy groups -OCH3 is 2. The molecule has 0 radical (unpaired) electrons. The van der Waals surface area contributed by atoms with Gasteiger partial charge in [0, 0.05) is 18.2 Å². The van der Waals surface area contributed by atoms with E-state index in [-0.39, 0.29) is 29.7 Å². The van der Waals surface area contributed by atoms with Crippen LogP contribution < -0.4 is 14.2 Å². The van der Waals surface area contributed by atoms with Crippen LogP contribution in [0.2, 0.25) is 0 Å². The first-order valence-electron chi connectivity index (χ1n) is 9.55. The van der Waals surface area contributed by atoms with Gasteiger partial charge in [0.15, 0.2) is 11.5 Å². The number of hydrogen-bond donors (Lipinski definition) is 1. The zero-order valence-corrected chi connectivity index (χ0v) is 17.4. The number of carbonyl (C=O) groups excluding carboxylic acids is 1. The lowest BCUT2D eigenvalue weighted by molar-refractivity contribution is 0.103. The molecule has 2 aromatic carbocycles. The number of hydrogen-bond acceptors (Lipinski definition) is 6. The minimum absolute atomic E-state index is 0.0747. The topological polar surface area (TPSA) is 77.9 Å². The predicted octanol–water partition coefficient (Wildman–Crippen LogP) is 3.94. The highest BCUT2D eigenvalue weighted by atomic mass is 19.1. The average Bonchev–Trinajstić information content (AvgIpc) is 2.73. The van der Waals surface area contributed by atoms with Crippen LogP contribution in [0, 0.1) is 5.82 Å². The van der Waals surface area contributed by atoms with Crippen molar-refractivity contribution >= 4 is 16.6 Å². The van der Waals surface area contributed by atoms with Gasteiger partial charge in [0.2, 0.25) is 5.78 Å². The molecule has 0 aliphatic rings. The first-order chi connectivity index (χ1) is 14.4. The molecule has 3 aromatic rings. The van der Waals surface area contributed by atoms with E-state index in [0.717, 1.165) is 11.6 Å². The van der Waals surface area contributed by atoms with Crippen LogP contribution in [0.4, 0.5) is 4.39 Å². The van der Waals surface area contributed by atoms with Crippen LogP contribution in [0.5, 0.6) is 17.2 Å². The van der Waals surface area contributed by atoms with Crippen molar-refractivity contribution in [3.63, 3.8) is 0 Å². The number of carbonyl (C=O) groups is 1. The first-order valence-corrected chi connectivity index (χ1v) is 9.55. The number of aromatic nitrogens is 1. The molecule has 0 aliphatic heterocycles. The molecule has 0 saturated heterocycles. The summed E-state index contributed by atoms with van der Waals surface area (Å²) < 4.78 is 30.4. The Morgan fingerprint density at radius 3 is 2.33 bits per heavy atom. The number of benzene rings is 2. The zero-order chi connectivity index (χ0) is 21.8. The fraction of sp³-hybridized carbons (Fsp3) is 0.304. The summed E-state index contributed by atoms with van der Waals surface area (Å²) in [6.07, 6.45) is 1.71. The number of aliphatic hydroxyl groups is 1. The van der Waals surface area contributed by atoms with E-state index in [1.54, 1.807) is 18.3 Å². The second-order valence-electron chi connectivity index (χ2n) is 6.99. The van der Waals surface area contributed by atoms with Crippen LogP contribution in [0.25, 0.3) is 10.8 Å². The number of ketones is 1. The molecule has 30 heavy (non-hydrogen) atoms. The van der Waals surface area contributed by atoms with Crippen LogP contribution in [0.15, 0.2) is 36.5 Å². The summed E-state index contributed by atoms with van der Waals surface area (Å²) in [6.45, 7) is 3.58. The number of ether oxygens (including phenoxy) is 3. The summed E-state index contributed by atoms with van der Waals surface area (Å²) in [5.41, 5.74) is 0.969. The van der Waals surface area contributed by atoms with E-state index in [2.05, 4.69) is 4.98 Å². The summed E-state index contributed by atoms with van der Waals surface area (Å²) in [5.74, 6) is 0.183. The Balaban J connectivity index is 2.25. The van der Waals surface area contributed by atoms with Crippen molar-refractivity contribution in [1.82, 2.24) is 4.98 Å². The smallest absolute Gasteiger partial charge is 0.215 e. The number of pyridine rings is 1. The van der Waals surface area contributed by atoms with Crippen molar-refractivity contribution in [2.75, 3.05) is 20.8 Å². The van der Waals surface area contributed by atoms with Crippen molar-refractivity contribution in [2.24, 2.45) is 0 Å². The van der Waals surface area contributed by atoms with E-state index in [1.165, 1.54) is 26.4 Å². The summed E-state index contributed by atoms with van der Waals surface area (Å²) in [5, 5.41) is 10.6. The lowest BCUT2D eigenvalue weighted by Crippen LogP contribution is -2.13. The number of nitrogens with zero attached hydrogens (tertiary/aromatic N) is 1. The van der Waals surface area contributed by atoms with E-state index in [0.29, 0.717) is 28.7 Å². The molecule has 0 unspecified atom stereocenters. The van der Waals surface area contributed by atoms with Crippen LogP contribution in [-0.2, 0) is 6.42 Å². The van der Waals surface area contributed by atoms with E-state index in [1.807, 2.05) is 13.8 Å². The molecule has 158 valence electrons. The Kier molecular flexibility index (Phi) is 6.52. The highest BCUT2D eigenvalue weighted by Gasteiger charge is 2.22. The maximum Gasteiger partial charge on any atom is 0.215 e. The minimum atomic E-state index is -0.546. The Labute approximate surface area is 174 Å². The molecular weight excluding hydrogens is 389 g/mol. The maximum absolute atomic E-state index is 14.0. The third-order valence-corrected chi connectivity index (χ3v) is 4.62. The largest absolute Gasteiger partial charge is 0.493 e. The fourth-order valence-corrected chi connectivity index (χ4v) is 3.29. The number of aliphatic hydroxyl groups excluding tert-OH is 1. The monoisotopic (exact) mass is 413 g/mol. The van der Waals surface area contributed by atoms with Gasteiger partial charge in [-0.2, -0.15) is 0 Å². The SMILES string of the molecule is COc1cc2c(CCO)cnc(C(=O)c3cc(F)ccc3OC(C)C)c2cc1OC. The Morgan fingerprint density at radius 1 is 1.07 bits per heavy atom. The molecule has 1 heterocycles. The molecular formula is C23H24FNO5. The standard InChI is InChI=1S/C23H24FNO5/c1-13(2)30-19-6-5-15(24)9-18(19)23(27)22-17-11-21(29-4)20(28-3)10-16(17)14(7-8-26)12-25-22/h5-6,9-13,26H,7-8H2,1-4H3. The molecule has 6 nitrogen and oxygen atoms in total. The van der Waals surface area contributed by atoms with Gasteiger partial charge in [0.05, 0.1) is 25.9 Å². The Morgan fingerprint density at radius 2 is 1.73 bits per heavy atom. The first kappa shape index (κ1) is 21.5. The van der Waals surface area contributed by atoms with Crippen LogP contribution >= 0.6 is 0 Å². The third-order valence-electron chi connectivity index (χ3n) is 4.62. The van der Waals surface area contributed by atoms with Gasteiger partial charge in [-0.1, -0.05) is 0 Å². The predicted molar refractivity (Wildman–Crippen MR) is 111 cm³/mol. The summed E-state index contributed by atoms with van der Waals surface area (Å²) in [7, 11) is 3.02. The quantitative estimate of drug-likeness (QED) is 0.564. The lowest BCUT2D eigenvalue weighted by atomic mass is 9.97. The maximum atomic E-state index is 14.0. The van der Waals surface area contributed by atoms with Gasteiger partial charge < -0.3 is 19.3 Å². The second kappa shape index (κ2) is 9.09. The zero-order valence-electron chi connectivity index (χ0n) is 17.4. The molecule has 3 rings (SSSR count). The van der Waals surface area contributed by atoms with Crippen LogP contribution in [-0.4, -0.2) is 42.8 Å². The minimum Gasteiger partial charge on any atom is -0.493 e. The van der Waals surface area contributed by atoms with Gasteiger partial charge in [-0.25, -0.2) is 4.39 Å². The van der Waals surface area contributed by atoms with Gasteiger partial charge in [-0.15, -0.1) is 0 Å². The van der Waals surface area contributed by atoms with Crippen LogP contribution in [0.3, 0.4) is 0 Å². The molecule has 1 aromatic heterocycles. The van der Waals surface area contributed by atoms with Gasteiger partial charge in [0.25, 0.3) is 0 Å². The molecule has 0 bridgehead atoms. The number of rotatable bonds is 8. The third kappa shape index (κ3) is 4.21. The van der Waals surface area contributed by atoms with Crippen molar-refractivity contribution < 1.29 is 28.5 Å². The molecule has 1 N–H and O–H groups in total. The Hall–Kier alpha value is -3.19. The summed E-state index contributed by atoms with van der Waals surface area (Å²) in [4.78, 5) is 17.8. The molecule has 0 amide bonds. The van der Waals surface area contributed by atoms with E-state index < -0.39 is 11.6 Å². The highest BCUT2D eigenvalue weighted by molar-refractivity contribution is 6.16. The number of halogens is 1. The van der Waals surface area contributed by atoms with E-state index in [4.69, 9.17) is 14.2 Å². The summed E-state index contributed by atoms with van der Waals surface area (Å²) in [6, 6.07) is 7.25. The molecule has 7 heteroatoms. The summed E-state index contributed by atoms with van der Waals surface area (Å²) >= 11 is 0. The van der Waals surface area contributed by atoms with Crippen molar-refractivity contribution in [2.45, 2.75) is 26.4 Å². The molecule has 0 fully saturated rings. The molecule has 0 saturated carbocycles.